The van der Waals surface area contributed by atoms with Crippen molar-refractivity contribution in [3.05, 3.63) is 66.2 Å². The van der Waals surface area contributed by atoms with Gasteiger partial charge in [-0.15, -0.1) is 0 Å². The van der Waals surface area contributed by atoms with Crippen molar-refractivity contribution in [2.45, 2.75) is 13.3 Å². The maximum Gasteiger partial charge on any atom is 0.241 e. The Labute approximate surface area is 157 Å². The van der Waals surface area contributed by atoms with E-state index in [4.69, 9.17) is 0 Å². The van der Waals surface area contributed by atoms with E-state index < -0.39 is 0 Å². The number of carbonyl (C=O) groups excluding carboxylic acids is 1. The molecule has 1 fully saturated rings. The molecule has 2 aromatic rings. The largest absolute Gasteiger partial charge is 0.312 e. The molecule has 138 valence electrons. The van der Waals surface area contributed by atoms with Crippen LogP contribution in [0.1, 0.15) is 12.5 Å². The van der Waals surface area contributed by atoms with Crippen molar-refractivity contribution in [3.63, 3.8) is 0 Å². The van der Waals surface area contributed by atoms with Crippen LogP contribution in [-0.2, 0) is 11.2 Å². The Balaban J connectivity index is 1.44. The monoisotopic (exact) mass is 351 g/mol. The third kappa shape index (κ3) is 5.16. The zero-order valence-electron chi connectivity index (χ0n) is 15.7. The SMILES string of the molecule is CCN(C(=O)CN1CCN(CCc2ccccc2)CC1)c1ccccc1. The van der Waals surface area contributed by atoms with E-state index >= 15 is 0 Å². The van der Waals surface area contributed by atoms with E-state index in [0.717, 1.165) is 44.8 Å². The molecule has 2 aromatic carbocycles. The highest BCUT2D eigenvalue weighted by atomic mass is 16.2. The van der Waals surface area contributed by atoms with Crippen LogP contribution in [-0.4, -0.2) is 61.5 Å². The van der Waals surface area contributed by atoms with E-state index in [1.807, 2.05) is 42.2 Å². The number of benzene rings is 2. The molecule has 1 saturated heterocycles. The number of hydrogen-bond acceptors (Lipinski definition) is 3. The fourth-order valence-electron chi connectivity index (χ4n) is 3.49. The van der Waals surface area contributed by atoms with Crippen molar-refractivity contribution in [2.75, 3.05) is 50.7 Å². The molecule has 0 N–H and O–H groups in total. The summed E-state index contributed by atoms with van der Waals surface area (Å²) in [6.45, 7) is 8.35. The number of para-hydroxylation sites is 1. The molecule has 0 bridgehead atoms. The highest BCUT2D eigenvalue weighted by Crippen LogP contribution is 2.14. The van der Waals surface area contributed by atoms with Crippen molar-refractivity contribution in [1.29, 1.82) is 0 Å². The molecule has 26 heavy (non-hydrogen) atoms. The molecule has 3 rings (SSSR count). The number of amides is 1. The third-order valence-electron chi connectivity index (χ3n) is 5.07. The van der Waals surface area contributed by atoms with Gasteiger partial charge in [-0.05, 0) is 31.0 Å². The van der Waals surface area contributed by atoms with Crippen LogP contribution in [0.4, 0.5) is 5.69 Å². The lowest BCUT2D eigenvalue weighted by atomic mass is 10.1. The number of carbonyl (C=O) groups is 1. The fraction of sp³-hybridized carbons (Fsp3) is 0.409. The maximum atomic E-state index is 12.7. The number of anilines is 1. The molecule has 0 aromatic heterocycles. The van der Waals surface area contributed by atoms with Crippen LogP contribution < -0.4 is 4.90 Å². The van der Waals surface area contributed by atoms with Crippen molar-refractivity contribution >= 4 is 11.6 Å². The predicted octanol–water partition coefficient (Wildman–Crippen LogP) is 2.90. The van der Waals surface area contributed by atoms with E-state index in [1.54, 1.807) is 0 Å². The van der Waals surface area contributed by atoms with E-state index in [1.165, 1.54) is 5.56 Å². The second-order valence-corrected chi connectivity index (χ2v) is 6.83. The Morgan fingerprint density at radius 3 is 2.08 bits per heavy atom. The molecule has 0 spiro atoms. The zero-order chi connectivity index (χ0) is 18.2. The summed E-state index contributed by atoms with van der Waals surface area (Å²) in [6, 6.07) is 20.6. The summed E-state index contributed by atoms with van der Waals surface area (Å²) in [7, 11) is 0. The molecular weight excluding hydrogens is 322 g/mol. The lowest BCUT2D eigenvalue weighted by molar-refractivity contribution is -0.120. The Kier molecular flexibility index (Phi) is 6.81. The maximum absolute atomic E-state index is 12.7. The number of rotatable bonds is 7. The van der Waals surface area contributed by atoms with Crippen molar-refractivity contribution < 1.29 is 4.79 Å². The van der Waals surface area contributed by atoms with E-state index in [2.05, 4.69) is 40.1 Å². The summed E-state index contributed by atoms with van der Waals surface area (Å²) in [6.07, 6.45) is 1.09. The van der Waals surface area contributed by atoms with Gasteiger partial charge in [0.05, 0.1) is 6.54 Å². The van der Waals surface area contributed by atoms with Crippen LogP contribution >= 0.6 is 0 Å². The summed E-state index contributed by atoms with van der Waals surface area (Å²) >= 11 is 0. The summed E-state index contributed by atoms with van der Waals surface area (Å²) in [5, 5.41) is 0. The lowest BCUT2D eigenvalue weighted by Crippen LogP contribution is -2.50. The van der Waals surface area contributed by atoms with E-state index in [0.29, 0.717) is 13.1 Å². The third-order valence-corrected chi connectivity index (χ3v) is 5.07. The highest BCUT2D eigenvalue weighted by molar-refractivity contribution is 5.94. The van der Waals surface area contributed by atoms with Gasteiger partial charge in [0.25, 0.3) is 0 Å². The van der Waals surface area contributed by atoms with Gasteiger partial charge in [0, 0.05) is 45.0 Å². The second kappa shape index (κ2) is 9.51. The topological polar surface area (TPSA) is 26.8 Å². The summed E-state index contributed by atoms with van der Waals surface area (Å²) in [4.78, 5) is 19.4. The molecule has 0 atom stereocenters. The van der Waals surface area contributed by atoms with Gasteiger partial charge in [0.1, 0.15) is 0 Å². The zero-order valence-corrected chi connectivity index (χ0v) is 15.7. The molecular formula is C22H29N3O. The lowest BCUT2D eigenvalue weighted by Gasteiger charge is -2.35. The minimum Gasteiger partial charge on any atom is -0.312 e. The Morgan fingerprint density at radius 2 is 1.46 bits per heavy atom. The first-order valence-electron chi connectivity index (χ1n) is 9.60. The molecule has 0 saturated carbocycles. The first kappa shape index (κ1) is 18.6. The Hall–Kier alpha value is -2.17. The van der Waals surface area contributed by atoms with Crippen LogP contribution in [0.15, 0.2) is 60.7 Å². The molecule has 1 amide bonds. The van der Waals surface area contributed by atoms with E-state index in [9.17, 15) is 4.79 Å². The number of likely N-dealkylation sites (N-methyl/N-ethyl adjacent to an activating group) is 1. The minimum atomic E-state index is 0.191. The summed E-state index contributed by atoms with van der Waals surface area (Å²) in [5.74, 6) is 0.191. The minimum absolute atomic E-state index is 0.191. The Morgan fingerprint density at radius 1 is 0.885 bits per heavy atom. The smallest absolute Gasteiger partial charge is 0.241 e. The average Bonchev–Trinajstić information content (AvgIpc) is 2.70. The molecule has 4 heteroatoms. The van der Waals surface area contributed by atoms with Gasteiger partial charge in [0.15, 0.2) is 0 Å². The van der Waals surface area contributed by atoms with Gasteiger partial charge in [-0.2, -0.15) is 0 Å². The molecule has 0 aliphatic carbocycles. The quantitative estimate of drug-likeness (QED) is 0.767. The van der Waals surface area contributed by atoms with Gasteiger partial charge >= 0.3 is 0 Å². The van der Waals surface area contributed by atoms with Crippen molar-refractivity contribution in [1.82, 2.24) is 9.80 Å². The standard InChI is InChI=1S/C22H29N3O/c1-2-25(21-11-7-4-8-12-21)22(26)19-24-17-15-23(16-18-24)14-13-20-9-5-3-6-10-20/h3-12H,2,13-19H2,1H3. The molecule has 1 aliphatic heterocycles. The number of hydrogen-bond donors (Lipinski definition) is 0. The second-order valence-electron chi connectivity index (χ2n) is 6.83. The van der Waals surface area contributed by atoms with Crippen LogP contribution in [0.25, 0.3) is 0 Å². The van der Waals surface area contributed by atoms with Crippen LogP contribution in [0.3, 0.4) is 0 Å². The van der Waals surface area contributed by atoms with Gasteiger partial charge in [0.2, 0.25) is 5.91 Å². The van der Waals surface area contributed by atoms with Crippen LogP contribution in [0.5, 0.6) is 0 Å². The van der Waals surface area contributed by atoms with Crippen molar-refractivity contribution in [3.8, 4) is 0 Å². The highest BCUT2D eigenvalue weighted by Gasteiger charge is 2.21. The van der Waals surface area contributed by atoms with Gasteiger partial charge < -0.3 is 9.80 Å². The Bertz CT molecular complexity index is 666. The summed E-state index contributed by atoms with van der Waals surface area (Å²) < 4.78 is 0. The summed E-state index contributed by atoms with van der Waals surface area (Å²) in [5.41, 5.74) is 2.38. The first-order chi connectivity index (χ1) is 12.8. The normalized spacial score (nSPS) is 15.7. The van der Waals surface area contributed by atoms with Crippen LogP contribution in [0.2, 0.25) is 0 Å². The van der Waals surface area contributed by atoms with E-state index in [-0.39, 0.29) is 5.91 Å². The van der Waals surface area contributed by atoms with Crippen molar-refractivity contribution in [2.24, 2.45) is 0 Å². The number of piperazine rings is 1. The molecule has 4 nitrogen and oxygen atoms in total. The molecule has 1 aliphatic rings. The average molecular weight is 351 g/mol. The van der Waals surface area contributed by atoms with Gasteiger partial charge in [-0.3, -0.25) is 9.69 Å². The van der Waals surface area contributed by atoms with Gasteiger partial charge in [-0.1, -0.05) is 48.5 Å². The van der Waals surface area contributed by atoms with Crippen LogP contribution in [0, 0.1) is 0 Å². The fourth-order valence-corrected chi connectivity index (χ4v) is 3.49. The molecule has 0 unspecified atom stereocenters. The van der Waals surface area contributed by atoms with Gasteiger partial charge in [-0.25, -0.2) is 0 Å². The molecule has 1 heterocycles. The molecule has 0 radical (unpaired) electrons. The first-order valence-corrected chi connectivity index (χ1v) is 9.60. The predicted molar refractivity (Wildman–Crippen MR) is 107 cm³/mol. The number of nitrogens with zero attached hydrogens (tertiary/aromatic N) is 3.